The van der Waals surface area contributed by atoms with Gasteiger partial charge >= 0.3 is 29.8 Å². The lowest BCUT2D eigenvalue weighted by atomic mass is 9.94. The third-order valence-electron chi connectivity index (χ3n) is 5.12. The van der Waals surface area contributed by atoms with E-state index >= 15 is 0 Å². The van der Waals surface area contributed by atoms with Crippen LogP contribution in [0.25, 0.3) is 0 Å². The fourth-order valence-electron chi connectivity index (χ4n) is 3.81. The van der Waals surface area contributed by atoms with Gasteiger partial charge in [-0.3, -0.25) is 9.59 Å². The summed E-state index contributed by atoms with van der Waals surface area (Å²) in [7, 11) is 0. The van der Waals surface area contributed by atoms with Crippen molar-refractivity contribution in [1.29, 1.82) is 0 Å². The van der Waals surface area contributed by atoms with Gasteiger partial charge in [0.05, 0.1) is 5.92 Å². The van der Waals surface area contributed by atoms with Gasteiger partial charge in [0.25, 0.3) is 0 Å². The Morgan fingerprint density at radius 1 is 1.26 bits per heavy atom. The van der Waals surface area contributed by atoms with Crippen LogP contribution in [0.5, 0.6) is 0 Å². The van der Waals surface area contributed by atoms with E-state index in [1.807, 2.05) is 12.2 Å². The molecule has 11 heteroatoms. The second kappa shape index (κ2) is 6.40. The average molecular weight is 400 g/mol. The molecule has 0 amide bonds. The maximum atomic E-state index is 14.2. The number of aliphatic hydroxyl groups is 1. The first kappa shape index (κ1) is 20.0. The molecule has 1 N–H and O–H groups in total. The van der Waals surface area contributed by atoms with Crippen molar-refractivity contribution < 1.29 is 50.9 Å². The minimum absolute atomic E-state index is 0.0650. The van der Waals surface area contributed by atoms with Gasteiger partial charge in [0.1, 0.15) is 12.7 Å². The molecule has 3 aliphatic rings. The number of esters is 2. The molecule has 1 heterocycles. The number of rotatable bonds is 4. The number of hydrogen-bond donors (Lipinski definition) is 1. The van der Waals surface area contributed by atoms with Crippen LogP contribution in [-0.2, 0) is 23.8 Å². The Hall–Kier alpha value is -1.75. The molecule has 1 saturated heterocycles. The lowest BCUT2D eigenvalue weighted by Gasteiger charge is -2.30. The first-order valence-electron chi connectivity index (χ1n) is 8.23. The highest BCUT2D eigenvalue weighted by Gasteiger charge is 2.81. The molecule has 0 aromatic heterocycles. The summed E-state index contributed by atoms with van der Waals surface area (Å²) < 4.78 is 80.5. The zero-order chi connectivity index (χ0) is 20.2. The van der Waals surface area contributed by atoms with Crippen LogP contribution in [0.1, 0.15) is 19.8 Å². The zero-order valence-corrected chi connectivity index (χ0v) is 14.0. The first-order valence-corrected chi connectivity index (χ1v) is 8.23. The van der Waals surface area contributed by atoms with Gasteiger partial charge in [0.15, 0.2) is 0 Å². The molecule has 2 bridgehead atoms. The van der Waals surface area contributed by atoms with Crippen LogP contribution in [0.4, 0.5) is 22.0 Å². The fraction of sp³-hybridized carbons (Fsp3) is 0.750. The molecular weight excluding hydrogens is 383 g/mol. The van der Waals surface area contributed by atoms with E-state index in [-0.39, 0.29) is 11.8 Å². The van der Waals surface area contributed by atoms with E-state index in [0.717, 1.165) is 6.42 Å². The second-order valence-corrected chi connectivity index (χ2v) is 6.97. The van der Waals surface area contributed by atoms with Crippen molar-refractivity contribution in [3.8, 4) is 0 Å². The molecule has 0 radical (unpaired) electrons. The number of alkyl halides is 5. The number of carbonyl (C=O) groups excluding carboxylic acids is 2. The molecule has 6 nitrogen and oxygen atoms in total. The molecule has 6 unspecified atom stereocenters. The second-order valence-electron chi connectivity index (χ2n) is 6.97. The number of allylic oxidation sites excluding steroid dienone is 2. The molecule has 6 atom stereocenters. The molecule has 152 valence electrons. The van der Waals surface area contributed by atoms with Crippen LogP contribution in [0.15, 0.2) is 12.2 Å². The lowest BCUT2D eigenvalue weighted by molar-refractivity contribution is -0.409. The predicted octanol–water partition coefficient (Wildman–Crippen LogP) is 1.96. The van der Waals surface area contributed by atoms with Gasteiger partial charge in [-0.2, -0.15) is 22.0 Å². The lowest BCUT2D eigenvalue weighted by Crippen LogP contribution is -2.59. The van der Waals surface area contributed by atoms with E-state index in [4.69, 9.17) is 4.74 Å². The summed E-state index contributed by atoms with van der Waals surface area (Å²) in [4.78, 5) is 23.2. The van der Waals surface area contributed by atoms with E-state index in [2.05, 4.69) is 9.47 Å². The fourth-order valence-corrected chi connectivity index (χ4v) is 3.81. The van der Waals surface area contributed by atoms with Gasteiger partial charge in [0, 0.05) is 6.92 Å². The number of carbonyl (C=O) groups is 2. The summed E-state index contributed by atoms with van der Waals surface area (Å²) in [5.41, 5.74) is 0. The highest BCUT2D eigenvalue weighted by atomic mass is 19.4. The summed E-state index contributed by atoms with van der Waals surface area (Å²) in [5.74, 6) is -12.3. The third-order valence-corrected chi connectivity index (χ3v) is 5.12. The third kappa shape index (κ3) is 3.20. The van der Waals surface area contributed by atoms with E-state index in [1.54, 1.807) is 0 Å². The summed E-state index contributed by atoms with van der Waals surface area (Å²) in [6.07, 6.45) is -5.78. The number of fused-ring (bicyclic) bond motifs is 2. The largest absolute Gasteiger partial charge is 0.463 e. The number of hydrogen-bond acceptors (Lipinski definition) is 6. The van der Waals surface area contributed by atoms with Crippen molar-refractivity contribution in [2.24, 2.45) is 17.8 Å². The van der Waals surface area contributed by atoms with Crippen molar-refractivity contribution in [2.75, 3.05) is 6.61 Å². The Morgan fingerprint density at radius 3 is 2.41 bits per heavy atom. The van der Waals surface area contributed by atoms with Gasteiger partial charge in [-0.1, -0.05) is 12.2 Å². The Bertz CT molecular complexity index is 662. The van der Waals surface area contributed by atoms with Crippen molar-refractivity contribution in [1.82, 2.24) is 0 Å². The van der Waals surface area contributed by atoms with Gasteiger partial charge in [-0.05, 0) is 24.7 Å². The van der Waals surface area contributed by atoms with Gasteiger partial charge in [-0.25, -0.2) is 0 Å². The van der Waals surface area contributed by atoms with Crippen molar-refractivity contribution in [3.63, 3.8) is 0 Å². The SMILES string of the molecule is CC(=O)OC1C(COC(=O)C2CC3C=CC2C3)OC(O)(C(F)(F)F)C1(F)F. The average Bonchev–Trinajstić information content (AvgIpc) is 3.21. The van der Waals surface area contributed by atoms with E-state index in [1.165, 1.54) is 0 Å². The van der Waals surface area contributed by atoms with Crippen LogP contribution in [0.2, 0.25) is 0 Å². The zero-order valence-electron chi connectivity index (χ0n) is 14.0. The highest BCUT2D eigenvalue weighted by molar-refractivity contribution is 5.74. The van der Waals surface area contributed by atoms with Crippen molar-refractivity contribution >= 4 is 11.9 Å². The topological polar surface area (TPSA) is 82.1 Å². The molecule has 27 heavy (non-hydrogen) atoms. The van der Waals surface area contributed by atoms with E-state index in [0.29, 0.717) is 13.3 Å². The minimum Gasteiger partial charge on any atom is -0.463 e. The molecule has 1 aliphatic heterocycles. The summed E-state index contributed by atoms with van der Waals surface area (Å²) in [6.45, 7) is -0.311. The minimum atomic E-state index is -5.87. The van der Waals surface area contributed by atoms with Gasteiger partial charge in [-0.15, -0.1) is 0 Å². The quantitative estimate of drug-likeness (QED) is 0.442. The Morgan fingerprint density at radius 2 is 1.93 bits per heavy atom. The van der Waals surface area contributed by atoms with Crippen LogP contribution in [0.3, 0.4) is 0 Å². The molecule has 3 rings (SSSR count). The Labute approximate surface area is 150 Å². The molecule has 0 spiro atoms. The monoisotopic (exact) mass is 400 g/mol. The van der Waals surface area contributed by atoms with Crippen LogP contribution in [-0.4, -0.2) is 53.7 Å². The molecule has 2 aliphatic carbocycles. The molecule has 0 aromatic carbocycles. The molecule has 1 saturated carbocycles. The van der Waals surface area contributed by atoms with Crippen molar-refractivity contribution in [3.05, 3.63) is 12.2 Å². The molecule has 2 fully saturated rings. The summed E-state index contributed by atoms with van der Waals surface area (Å²) in [6, 6.07) is 0. The van der Waals surface area contributed by atoms with E-state index < -0.39 is 54.6 Å². The van der Waals surface area contributed by atoms with Gasteiger partial charge < -0.3 is 19.3 Å². The molecule has 0 aromatic rings. The summed E-state index contributed by atoms with van der Waals surface area (Å²) in [5, 5.41) is 9.43. The van der Waals surface area contributed by atoms with Crippen LogP contribution in [0, 0.1) is 17.8 Å². The summed E-state index contributed by atoms with van der Waals surface area (Å²) >= 11 is 0. The maximum absolute atomic E-state index is 14.2. The first-order chi connectivity index (χ1) is 12.4. The highest BCUT2D eigenvalue weighted by Crippen LogP contribution is 2.52. The normalized spacial score (nSPS) is 39.6. The predicted molar refractivity (Wildman–Crippen MR) is 76.2 cm³/mol. The Kier molecular flexibility index (Phi) is 4.74. The van der Waals surface area contributed by atoms with Gasteiger partial charge in [0.2, 0.25) is 6.10 Å². The maximum Gasteiger partial charge on any atom is 0.449 e. The van der Waals surface area contributed by atoms with E-state index in [9.17, 15) is 36.6 Å². The Balaban J connectivity index is 1.73. The number of halogens is 5. The van der Waals surface area contributed by atoms with Crippen LogP contribution < -0.4 is 0 Å². The van der Waals surface area contributed by atoms with Crippen molar-refractivity contribution in [2.45, 2.75) is 49.9 Å². The smallest absolute Gasteiger partial charge is 0.449 e. The van der Waals surface area contributed by atoms with Crippen LogP contribution >= 0.6 is 0 Å². The standard InChI is InChI=1S/C16H17F5O6/c1-7(22)26-12-11(27-15(24,14(12,17)18)16(19,20)21)6-25-13(23)10-5-8-2-3-9(10)4-8/h2-3,8-12,24H,4-6H2,1H3. The number of ether oxygens (including phenoxy) is 3. The molecular formula is C16H17F5O6.